The van der Waals surface area contributed by atoms with Gasteiger partial charge >= 0.3 is 9.05 Å². The number of hydrogen-bond donors (Lipinski definition) is 0. The molecule has 144 valence electrons. The average Bonchev–Trinajstić information content (AvgIpc) is 2.32. The third-order valence-electron chi connectivity index (χ3n) is 1.87. The van der Waals surface area contributed by atoms with Crippen LogP contribution in [0.25, 0.3) is 0 Å². The van der Waals surface area contributed by atoms with Crippen molar-refractivity contribution in [1.82, 2.24) is 0 Å². The lowest BCUT2D eigenvalue weighted by Crippen LogP contribution is -2.53. The summed E-state index contributed by atoms with van der Waals surface area (Å²) in [6.45, 7) is 9.46. The Kier molecular flexibility index (Phi) is 10.6. The van der Waals surface area contributed by atoms with Crippen LogP contribution in [-0.4, -0.2) is 49.4 Å². The maximum absolute atomic E-state index is 10.8. The summed E-state index contributed by atoms with van der Waals surface area (Å²) in [5, 5.41) is 0. The van der Waals surface area contributed by atoms with E-state index in [1.54, 1.807) is 0 Å². The van der Waals surface area contributed by atoms with Gasteiger partial charge < -0.3 is 22.1 Å². The first kappa shape index (κ1) is 25.0. The summed E-state index contributed by atoms with van der Waals surface area (Å²) in [5.74, 6) is -3.77. The number of carbonyl (C=O) groups excluding carboxylic acids is 5. The van der Waals surface area contributed by atoms with Crippen LogP contribution in [0.4, 0.5) is 0 Å². The molecule has 0 spiro atoms. The molecule has 25 heavy (non-hydrogen) atoms. The van der Waals surface area contributed by atoms with Crippen molar-refractivity contribution in [2.24, 2.45) is 5.41 Å². The molecule has 0 heterocycles. The van der Waals surface area contributed by atoms with Crippen LogP contribution in [0.3, 0.4) is 0 Å². The fourth-order valence-electron chi connectivity index (χ4n) is 1.14. The highest BCUT2D eigenvalue weighted by molar-refractivity contribution is 6.60. The van der Waals surface area contributed by atoms with E-state index in [4.69, 9.17) is 0 Å². The van der Waals surface area contributed by atoms with Gasteiger partial charge in [0.25, 0.3) is 29.8 Å². The van der Waals surface area contributed by atoms with E-state index in [1.807, 2.05) is 20.8 Å². The first-order valence-corrected chi connectivity index (χ1v) is 9.47. The highest BCUT2D eigenvalue weighted by Crippen LogP contribution is 2.14. The summed E-state index contributed by atoms with van der Waals surface area (Å²) in [6.07, 6.45) is 0. The Morgan fingerprint density at radius 2 is 0.920 bits per heavy atom. The molecular weight excluding hydrogens is 372 g/mol. The molecule has 0 saturated carbocycles. The van der Waals surface area contributed by atoms with Gasteiger partial charge in [-0.3, -0.25) is 24.0 Å². The normalized spacial score (nSPS) is 10.5. The van der Waals surface area contributed by atoms with Gasteiger partial charge in [0.1, 0.15) is 0 Å². The summed E-state index contributed by atoms with van der Waals surface area (Å²) < 4.78 is 22.8. The van der Waals surface area contributed by atoms with Crippen LogP contribution in [0, 0.1) is 5.41 Å². The van der Waals surface area contributed by atoms with Crippen molar-refractivity contribution < 1.29 is 46.1 Å². The zero-order valence-electron chi connectivity index (χ0n) is 15.6. The SMILES string of the molecule is CC(=O)O[Si](OC(C)=O)(OC(C)=O)OC(C)=O.CC(C)(C)C(=O)O[SiH3]. The molecule has 0 amide bonds. The van der Waals surface area contributed by atoms with Gasteiger partial charge in [-0.1, -0.05) is 0 Å². The molecule has 0 saturated heterocycles. The maximum Gasteiger partial charge on any atom is 0.974 e. The number of carbonyl (C=O) groups is 5. The van der Waals surface area contributed by atoms with Crippen molar-refractivity contribution in [2.75, 3.05) is 0 Å². The molecule has 0 atom stereocenters. The highest BCUT2D eigenvalue weighted by Gasteiger charge is 2.61. The summed E-state index contributed by atoms with van der Waals surface area (Å²) in [5.41, 5.74) is -0.318. The molecule has 0 aliphatic rings. The minimum absolute atomic E-state index is 0.107. The first-order valence-electron chi connectivity index (χ1n) is 7.02. The molecule has 0 aromatic carbocycles. The second kappa shape index (κ2) is 10.6. The first-order chi connectivity index (χ1) is 11.1. The van der Waals surface area contributed by atoms with E-state index in [1.165, 1.54) is 0 Å². The second-order valence-corrected chi connectivity index (χ2v) is 7.84. The van der Waals surface area contributed by atoms with E-state index >= 15 is 0 Å². The number of rotatable bonds is 4. The predicted octanol–water partition coefficient (Wildman–Crippen LogP) is -0.470. The van der Waals surface area contributed by atoms with Gasteiger partial charge in [-0.25, -0.2) is 0 Å². The largest absolute Gasteiger partial charge is 0.974 e. The summed E-state index contributed by atoms with van der Waals surface area (Å²) in [7, 11) is -3.94. The Morgan fingerprint density at radius 3 is 1.00 bits per heavy atom. The van der Waals surface area contributed by atoms with Gasteiger partial charge in [-0.05, 0) is 20.8 Å². The van der Waals surface area contributed by atoms with Crippen molar-refractivity contribution in [3.05, 3.63) is 0 Å². The maximum atomic E-state index is 10.8. The van der Waals surface area contributed by atoms with Gasteiger partial charge in [0.15, 0.2) is 0 Å². The fourth-order valence-corrected chi connectivity index (χ4v) is 3.41. The van der Waals surface area contributed by atoms with E-state index < -0.39 is 32.9 Å². The van der Waals surface area contributed by atoms with E-state index in [0.717, 1.165) is 27.7 Å². The molecule has 0 aliphatic carbocycles. The van der Waals surface area contributed by atoms with Crippen molar-refractivity contribution in [3.8, 4) is 0 Å². The van der Waals surface area contributed by atoms with Crippen LogP contribution < -0.4 is 0 Å². The third kappa shape index (κ3) is 12.8. The lowest BCUT2D eigenvalue weighted by Gasteiger charge is -2.22. The van der Waals surface area contributed by atoms with Crippen molar-refractivity contribution in [2.45, 2.75) is 48.5 Å². The average molecular weight is 396 g/mol. The molecule has 0 aromatic heterocycles. The minimum Gasteiger partial charge on any atom is -0.528 e. The Hall–Kier alpha value is -2.22. The number of hydrogen-bond acceptors (Lipinski definition) is 10. The van der Waals surface area contributed by atoms with Gasteiger partial charge in [0, 0.05) is 27.7 Å². The predicted molar refractivity (Wildman–Crippen MR) is 88.3 cm³/mol. The molecule has 0 aromatic rings. The summed E-state index contributed by atoms with van der Waals surface area (Å²) >= 11 is 0. The van der Waals surface area contributed by atoms with E-state index in [9.17, 15) is 24.0 Å². The van der Waals surface area contributed by atoms with Crippen LogP contribution in [-0.2, 0) is 46.1 Å². The van der Waals surface area contributed by atoms with Gasteiger partial charge in [-0.15, -0.1) is 0 Å². The van der Waals surface area contributed by atoms with Gasteiger partial charge in [-0.2, -0.15) is 0 Å². The Morgan fingerprint density at radius 1 is 0.680 bits per heavy atom. The second-order valence-electron chi connectivity index (χ2n) is 5.62. The molecule has 0 rings (SSSR count). The zero-order valence-corrected chi connectivity index (χ0v) is 18.6. The lowest BCUT2D eigenvalue weighted by atomic mass is 9.98. The lowest BCUT2D eigenvalue weighted by molar-refractivity contribution is -0.160. The van der Waals surface area contributed by atoms with Crippen LogP contribution in [0.15, 0.2) is 0 Å². The van der Waals surface area contributed by atoms with Crippen LogP contribution in [0.5, 0.6) is 0 Å². The zero-order chi connectivity index (χ0) is 20.4. The Labute approximate surface area is 150 Å². The van der Waals surface area contributed by atoms with Gasteiger partial charge in [0.05, 0.1) is 5.41 Å². The molecule has 0 aliphatic heterocycles. The third-order valence-corrected chi connectivity index (χ3v) is 4.39. The molecule has 12 heteroatoms. The molecule has 10 nitrogen and oxygen atoms in total. The molecule has 0 fully saturated rings. The van der Waals surface area contributed by atoms with E-state index in [-0.39, 0.29) is 11.4 Å². The quantitative estimate of drug-likeness (QED) is 0.574. The van der Waals surface area contributed by atoms with Gasteiger partial charge in [0.2, 0.25) is 10.5 Å². The summed E-state index contributed by atoms with van der Waals surface area (Å²) in [4.78, 5) is 54.0. The molecule has 0 unspecified atom stereocenters. The van der Waals surface area contributed by atoms with Crippen molar-refractivity contribution >= 4 is 49.4 Å². The van der Waals surface area contributed by atoms with E-state index in [2.05, 4.69) is 22.1 Å². The molecule has 0 radical (unpaired) electrons. The Balaban J connectivity index is 0. The van der Waals surface area contributed by atoms with Crippen LogP contribution in [0.1, 0.15) is 48.5 Å². The highest BCUT2D eigenvalue weighted by atomic mass is 28.4. The van der Waals surface area contributed by atoms with Crippen LogP contribution >= 0.6 is 0 Å². The topological polar surface area (TPSA) is 132 Å². The Bertz CT molecular complexity index is 454. The standard InChI is InChI=1S/C8H12O8Si.C5H12O2Si/c1-5(9)13-17(14-6(2)10,15-7(3)11)16-8(4)12;1-5(2,3)4(6)7-8/h1-4H3;1-3,8H3. The molecule has 0 bridgehead atoms. The monoisotopic (exact) mass is 396 g/mol. The van der Waals surface area contributed by atoms with Crippen LogP contribution in [0.2, 0.25) is 0 Å². The van der Waals surface area contributed by atoms with E-state index in [0.29, 0.717) is 10.5 Å². The van der Waals surface area contributed by atoms with Crippen molar-refractivity contribution in [3.63, 3.8) is 0 Å². The summed E-state index contributed by atoms with van der Waals surface area (Å²) in [6, 6.07) is 0. The minimum atomic E-state index is -4.45. The smallest absolute Gasteiger partial charge is 0.528 e. The van der Waals surface area contributed by atoms with Crippen molar-refractivity contribution in [1.29, 1.82) is 0 Å². The molecular formula is C13H24O10Si2. The fraction of sp³-hybridized carbons (Fsp3) is 0.615. The molecule has 0 N–H and O–H groups in total.